The fourth-order valence-corrected chi connectivity index (χ4v) is 3.05. The summed E-state index contributed by atoms with van der Waals surface area (Å²) in [6.07, 6.45) is 3.08. The Labute approximate surface area is 170 Å². The zero-order valence-corrected chi connectivity index (χ0v) is 16.9. The first-order valence-corrected chi connectivity index (χ1v) is 9.52. The minimum Gasteiger partial charge on any atom is -0.339 e. The summed E-state index contributed by atoms with van der Waals surface area (Å²) in [5.41, 5.74) is 3.30. The maximum Gasteiger partial charge on any atom is 0.274 e. The fourth-order valence-electron chi connectivity index (χ4n) is 2.82. The Morgan fingerprint density at radius 2 is 1.86 bits per heavy atom. The zero-order chi connectivity index (χ0) is 20.1. The van der Waals surface area contributed by atoms with Gasteiger partial charge in [-0.15, -0.1) is 0 Å². The van der Waals surface area contributed by atoms with E-state index in [1.54, 1.807) is 11.1 Å². The molecule has 0 bridgehead atoms. The molecule has 1 heterocycles. The number of amides is 1. The number of nitrogens with one attached hydrogen (secondary N) is 1. The largest absolute Gasteiger partial charge is 0.339 e. The molecule has 1 aromatic heterocycles. The molecule has 5 nitrogen and oxygen atoms in total. The summed E-state index contributed by atoms with van der Waals surface area (Å²) in [5, 5.41) is 3.88. The zero-order valence-electron chi connectivity index (χ0n) is 16.2. The molecule has 0 unspecified atom stereocenters. The van der Waals surface area contributed by atoms with Crippen molar-refractivity contribution in [3.63, 3.8) is 0 Å². The quantitative estimate of drug-likeness (QED) is 0.621. The Morgan fingerprint density at radius 1 is 1.11 bits per heavy atom. The maximum atomic E-state index is 12.9. The van der Waals surface area contributed by atoms with Gasteiger partial charge in [0.1, 0.15) is 11.5 Å². The van der Waals surface area contributed by atoms with Crippen molar-refractivity contribution in [1.29, 1.82) is 0 Å². The summed E-state index contributed by atoms with van der Waals surface area (Å²) >= 11 is 5.99. The second-order valence-electron chi connectivity index (χ2n) is 6.88. The van der Waals surface area contributed by atoms with Crippen LogP contribution in [0.4, 0.5) is 11.5 Å². The summed E-state index contributed by atoms with van der Waals surface area (Å²) in [6.45, 7) is 6.48. The van der Waals surface area contributed by atoms with Crippen molar-refractivity contribution in [2.24, 2.45) is 0 Å². The van der Waals surface area contributed by atoms with Gasteiger partial charge in [-0.25, -0.2) is 9.97 Å². The average Bonchev–Trinajstić information content (AvgIpc) is 2.69. The predicted octanol–water partition coefficient (Wildman–Crippen LogP) is 5.23. The van der Waals surface area contributed by atoms with Crippen LogP contribution in [-0.4, -0.2) is 26.8 Å². The van der Waals surface area contributed by atoms with Crippen LogP contribution in [0.2, 0.25) is 5.02 Å². The first kappa shape index (κ1) is 19.8. The normalized spacial score (nSPS) is 10.8. The van der Waals surface area contributed by atoms with Crippen LogP contribution in [-0.2, 0) is 6.54 Å². The highest BCUT2D eigenvalue weighted by Gasteiger charge is 2.20. The topological polar surface area (TPSA) is 58.1 Å². The number of benzene rings is 2. The molecule has 0 atom stereocenters. The molecule has 0 aliphatic heterocycles. The van der Waals surface area contributed by atoms with Gasteiger partial charge in [0, 0.05) is 23.3 Å². The summed E-state index contributed by atoms with van der Waals surface area (Å²) in [7, 11) is 0. The summed E-state index contributed by atoms with van der Waals surface area (Å²) < 4.78 is 0. The number of halogens is 1. The molecule has 1 amide bonds. The number of carbonyl (C=O) groups excluding carboxylic acids is 1. The highest BCUT2D eigenvalue weighted by atomic mass is 35.5. The monoisotopic (exact) mass is 394 g/mol. The standard InChI is InChI=1S/C22H23ClN4O/c1-15(2)27(14-17-7-5-4-6-8-17)22(28)20-12-25-21(13-24-20)26-19-10-9-18(23)11-16(19)3/h4-13,15H,14H2,1-3H3,(H,25,26). The highest BCUT2D eigenvalue weighted by Crippen LogP contribution is 2.22. The number of carbonyl (C=O) groups is 1. The van der Waals surface area contributed by atoms with Crippen LogP contribution < -0.4 is 5.32 Å². The molecular weight excluding hydrogens is 372 g/mol. The molecule has 28 heavy (non-hydrogen) atoms. The maximum absolute atomic E-state index is 12.9. The summed E-state index contributed by atoms with van der Waals surface area (Å²) in [6, 6.07) is 15.5. The first-order valence-electron chi connectivity index (χ1n) is 9.14. The lowest BCUT2D eigenvalue weighted by Crippen LogP contribution is -2.36. The van der Waals surface area contributed by atoms with E-state index in [0.717, 1.165) is 16.8 Å². The number of anilines is 2. The van der Waals surface area contributed by atoms with Crippen LogP contribution in [0, 0.1) is 6.92 Å². The van der Waals surface area contributed by atoms with Crippen LogP contribution in [0.25, 0.3) is 0 Å². The molecule has 1 N–H and O–H groups in total. The molecule has 0 spiro atoms. The summed E-state index contributed by atoms with van der Waals surface area (Å²) in [5.74, 6) is 0.432. The third-order valence-corrected chi connectivity index (χ3v) is 4.64. The highest BCUT2D eigenvalue weighted by molar-refractivity contribution is 6.30. The van der Waals surface area contributed by atoms with Crippen molar-refractivity contribution in [3.05, 3.63) is 82.8 Å². The molecule has 0 saturated carbocycles. The van der Waals surface area contributed by atoms with Crippen molar-refractivity contribution in [1.82, 2.24) is 14.9 Å². The number of nitrogens with zero attached hydrogens (tertiary/aromatic N) is 3. The van der Waals surface area contributed by atoms with E-state index >= 15 is 0 Å². The number of hydrogen-bond acceptors (Lipinski definition) is 4. The Bertz CT molecular complexity index is 943. The van der Waals surface area contributed by atoms with Crippen LogP contribution in [0.1, 0.15) is 35.5 Å². The van der Waals surface area contributed by atoms with Crippen molar-refractivity contribution in [2.75, 3.05) is 5.32 Å². The van der Waals surface area contributed by atoms with Gasteiger partial charge in [-0.2, -0.15) is 0 Å². The summed E-state index contributed by atoms with van der Waals surface area (Å²) in [4.78, 5) is 23.4. The van der Waals surface area contributed by atoms with Gasteiger partial charge in [-0.05, 0) is 50.1 Å². The molecule has 3 rings (SSSR count). The second kappa shape index (κ2) is 8.85. The van der Waals surface area contributed by atoms with E-state index in [2.05, 4.69) is 15.3 Å². The van der Waals surface area contributed by atoms with Crippen LogP contribution in [0.5, 0.6) is 0 Å². The first-order chi connectivity index (χ1) is 13.4. The van der Waals surface area contributed by atoms with Crippen LogP contribution in [0.3, 0.4) is 0 Å². The van der Waals surface area contributed by atoms with E-state index in [0.29, 0.717) is 23.1 Å². The van der Waals surface area contributed by atoms with Crippen molar-refractivity contribution < 1.29 is 4.79 Å². The molecule has 0 fully saturated rings. The van der Waals surface area contributed by atoms with Gasteiger partial charge in [0.25, 0.3) is 5.91 Å². The van der Waals surface area contributed by atoms with Crippen molar-refractivity contribution in [2.45, 2.75) is 33.4 Å². The Kier molecular flexibility index (Phi) is 6.26. The van der Waals surface area contributed by atoms with E-state index in [4.69, 9.17) is 11.6 Å². The van der Waals surface area contributed by atoms with Crippen LogP contribution >= 0.6 is 11.6 Å². The van der Waals surface area contributed by atoms with Gasteiger partial charge >= 0.3 is 0 Å². The minimum atomic E-state index is -0.138. The van der Waals surface area contributed by atoms with Gasteiger partial charge in [0.15, 0.2) is 0 Å². The van der Waals surface area contributed by atoms with E-state index in [9.17, 15) is 4.79 Å². The lowest BCUT2D eigenvalue weighted by atomic mass is 10.2. The fraction of sp³-hybridized carbons (Fsp3) is 0.227. The van der Waals surface area contributed by atoms with Gasteiger partial charge in [0.05, 0.1) is 12.4 Å². The van der Waals surface area contributed by atoms with Crippen molar-refractivity contribution >= 4 is 29.0 Å². The molecule has 6 heteroatoms. The molecule has 144 valence electrons. The lowest BCUT2D eigenvalue weighted by Gasteiger charge is -2.26. The third kappa shape index (κ3) is 4.87. The molecule has 0 saturated heterocycles. The third-order valence-electron chi connectivity index (χ3n) is 4.40. The number of rotatable bonds is 6. The molecule has 0 aliphatic carbocycles. The SMILES string of the molecule is Cc1cc(Cl)ccc1Nc1cnc(C(=O)N(Cc2ccccc2)C(C)C)cn1. The predicted molar refractivity (Wildman–Crippen MR) is 113 cm³/mol. The Hall–Kier alpha value is -2.92. The smallest absolute Gasteiger partial charge is 0.274 e. The van der Waals surface area contributed by atoms with Gasteiger partial charge in [-0.1, -0.05) is 41.9 Å². The second-order valence-corrected chi connectivity index (χ2v) is 7.32. The molecule has 2 aromatic carbocycles. The molecular formula is C22H23ClN4O. The van der Waals surface area contributed by atoms with E-state index in [1.165, 1.54) is 6.20 Å². The van der Waals surface area contributed by atoms with Gasteiger partial charge < -0.3 is 10.2 Å². The number of aromatic nitrogens is 2. The average molecular weight is 395 g/mol. The van der Waals surface area contributed by atoms with E-state index in [-0.39, 0.29) is 11.9 Å². The number of hydrogen-bond donors (Lipinski definition) is 1. The van der Waals surface area contributed by atoms with Crippen LogP contribution in [0.15, 0.2) is 60.9 Å². The lowest BCUT2D eigenvalue weighted by molar-refractivity contribution is 0.0684. The number of aryl methyl sites for hydroxylation is 1. The molecule has 3 aromatic rings. The van der Waals surface area contributed by atoms with Gasteiger partial charge in [0.2, 0.25) is 0 Å². The molecule has 0 aliphatic rings. The molecule has 0 radical (unpaired) electrons. The van der Waals surface area contributed by atoms with Crippen molar-refractivity contribution in [3.8, 4) is 0 Å². The van der Waals surface area contributed by atoms with E-state index < -0.39 is 0 Å². The van der Waals surface area contributed by atoms with Gasteiger partial charge in [-0.3, -0.25) is 4.79 Å². The minimum absolute atomic E-state index is 0.0454. The van der Waals surface area contributed by atoms with E-state index in [1.807, 2.05) is 69.3 Å². The Balaban J connectivity index is 1.74. The Morgan fingerprint density at radius 3 is 2.46 bits per heavy atom.